The normalized spacial score (nSPS) is 28.3. The van der Waals surface area contributed by atoms with Gasteiger partial charge >= 0.3 is 13.7 Å². The lowest BCUT2D eigenvalue weighted by Gasteiger charge is -2.33. The summed E-state index contributed by atoms with van der Waals surface area (Å²) in [6.07, 6.45) is 1.40. The van der Waals surface area contributed by atoms with Crippen LogP contribution in [0.25, 0.3) is 5.52 Å². The van der Waals surface area contributed by atoms with Crippen molar-refractivity contribution in [2.24, 2.45) is 0 Å². The molecule has 0 amide bonds. The topological polar surface area (TPSA) is 204 Å². The van der Waals surface area contributed by atoms with E-state index in [1.807, 2.05) is 6.07 Å². The average Bonchev–Trinajstić information content (AvgIpc) is 3.68. The van der Waals surface area contributed by atoms with E-state index in [9.17, 15) is 24.8 Å². The van der Waals surface area contributed by atoms with Crippen LogP contribution in [0.2, 0.25) is 0 Å². The number of carbonyl (C=O) groups is 1. The number of esters is 1. The number of aliphatic hydroxyl groups excluding tert-OH is 1. The first-order chi connectivity index (χ1) is 20.0. The minimum atomic E-state index is -4.32. The van der Waals surface area contributed by atoms with Crippen molar-refractivity contribution < 1.29 is 38.1 Å². The maximum Gasteiger partial charge on any atom is 0.459 e. The minimum Gasteiger partial charge on any atom is -0.461 e. The molecule has 15 heteroatoms. The van der Waals surface area contributed by atoms with Crippen molar-refractivity contribution in [3.05, 3.63) is 54.5 Å². The highest BCUT2D eigenvalue weighted by atomic mass is 31.2. The Morgan fingerprint density at radius 1 is 1.31 bits per heavy atom. The summed E-state index contributed by atoms with van der Waals surface area (Å²) in [6.45, 7) is 2.12. The second kappa shape index (κ2) is 11.6. The van der Waals surface area contributed by atoms with E-state index in [1.165, 1.54) is 30.8 Å². The Morgan fingerprint density at radius 2 is 2.02 bits per heavy atom. The number of ether oxygens (including phenoxy) is 2. The smallest absolute Gasteiger partial charge is 0.459 e. The molecule has 0 bridgehead atoms. The molecule has 5 rings (SSSR count). The maximum absolute atomic E-state index is 14.0. The molecule has 2 fully saturated rings. The van der Waals surface area contributed by atoms with E-state index in [0.29, 0.717) is 5.52 Å². The molecule has 1 aromatic carbocycles. The lowest BCUT2D eigenvalue weighted by Crippen LogP contribution is -2.52. The molecule has 5 N–H and O–H groups in total. The van der Waals surface area contributed by atoms with Crippen molar-refractivity contribution in [3.8, 4) is 11.8 Å². The fraction of sp³-hybridized carbons (Fsp3) is 0.481. The van der Waals surface area contributed by atoms with E-state index in [0.717, 1.165) is 25.7 Å². The van der Waals surface area contributed by atoms with Crippen LogP contribution in [0.15, 0.2) is 48.8 Å². The van der Waals surface area contributed by atoms with Gasteiger partial charge in [0.15, 0.2) is 5.82 Å². The Hall–Kier alpha value is -3.57. The van der Waals surface area contributed by atoms with Gasteiger partial charge in [-0.3, -0.25) is 9.32 Å². The number of nitrogens with two attached hydrogens (primary N) is 1. The quantitative estimate of drug-likeness (QED) is 0.195. The highest BCUT2D eigenvalue weighted by Crippen LogP contribution is 2.50. The van der Waals surface area contributed by atoms with Gasteiger partial charge < -0.3 is 29.9 Å². The van der Waals surface area contributed by atoms with Crippen molar-refractivity contribution >= 4 is 25.1 Å². The van der Waals surface area contributed by atoms with Crippen molar-refractivity contribution in [2.45, 2.75) is 75.1 Å². The van der Waals surface area contributed by atoms with E-state index in [-0.39, 0.29) is 23.4 Å². The van der Waals surface area contributed by atoms with Crippen molar-refractivity contribution in [3.63, 3.8) is 0 Å². The fourth-order valence-electron chi connectivity index (χ4n) is 5.29. The molecule has 1 aliphatic heterocycles. The maximum atomic E-state index is 14.0. The molecule has 224 valence electrons. The Balaban J connectivity index is 1.38. The number of carbonyl (C=O) groups excluding carboxylic acids is 1. The number of fused-ring (bicyclic) bond motifs is 1. The van der Waals surface area contributed by atoms with Gasteiger partial charge in [0.05, 0.1) is 12.3 Å². The number of nitrogens with zero attached hydrogens (tertiary/aromatic N) is 4. The Kier molecular flexibility index (Phi) is 8.26. The summed E-state index contributed by atoms with van der Waals surface area (Å²) in [7, 11) is -4.32. The van der Waals surface area contributed by atoms with Crippen LogP contribution < -0.4 is 15.3 Å². The molecule has 6 atom stereocenters. The number of anilines is 1. The molecule has 1 saturated heterocycles. The SMILES string of the molecule is C[C@H](NP(=O)(OC[C@H]1O[C@@](C#N)(c2ccc3c(N)ncnn23)[C@](C)(O)[C@@H]1O)Oc1ccccc1)C(=O)OC1CCCC1. The zero-order valence-corrected chi connectivity index (χ0v) is 24.0. The second-order valence-corrected chi connectivity index (χ2v) is 12.3. The molecule has 2 aliphatic rings. The molecular formula is C27H33N6O8P. The summed E-state index contributed by atoms with van der Waals surface area (Å²) < 4.78 is 38.2. The van der Waals surface area contributed by atoms with Gasteiger partial charge in [0.2, 0.25) is 5.60 Å². The standard InChI is InChI=1S/C27H33N6O8P/c1-17(25(35)39-18-8-6-7-9-18)32-42(37,41-19-10-4-3-5-11-19)38-14-21-23(34)26(2,36)27(15-28,40-21)22-13-12-20-24(29)30-16-31-33(20)22/h3-5,10-13,16-18,21,23,34,36H,6-9,14H2,1-2H3,(H,32,37)(H2,29,30,31)/t17-,21+,23+,26+,27-,42?/m0/s1. The Bertz CT molecular complexity index is 1520. The van der Waals surface area contributed by atoms with Crippen LogP contribution in [-0.2, 0) is 29.0 Å². The van der Waals surface area contributed by atoms with Gasteiger partial charge in [0.25, 0.3) is 0 Å². The van der Waals surface area contributed by atoms with E-state index in [1.54, 1.807) is 36.4 Å². The summed E-state index contributed by atoms with van der Waals surface area (Å²) in [4.78, 5) is 16.7. The Morgan fingerprint density at radius 3 is 2.71 bits per heavy atom. The molecule has 0 spiro atoms. The van der Waals surface area contributed by atoms with Crippen LogP contribution in [-0.4, -0.2) is 67.3 Å². The highest BCUT2D eigenvalue weighted by molar-refractivity contribution is 7.52. The molecule has 3 aromatic rings. The molecule has 3 heterocycles. The number of hydrogen-bond acceptors (Lipinski definition) is 12. The van der Waals surface area contributed by atoms with Gasteiger partial charge in [-0.05, 0) is 63.8 Å². The van der Waals surface area contributed by atoms with Crippen LogP contribution in [0, 0.1) is 11.3 Å². The number of nitriles is 1. The third-order valence-corrected chi connectivity index (χ3v) is 9.28. The minimum absolute atomic E-state index is 0.0887. The number of para-hydroxylation sites is 1. The van der Waals surface area contributed by atoms with E-state index < -0.39 is 49.8 Å². The molecule has 2 aromatic heterocycles. The third kappa shape index (κ3) is 5.47. The summed E-state index contributed by atoms with van der Waals surface area (Å²) in [5.74, 6) is -0.298. The molecule has 0 radical (unpaired) electrons. The van der Waals surface area contributed by atoms with Crippen LogP contribution in [0.1, 0.15) is 45.2 Å². The number of benzene rings is 1. The van der Waals surface area contributed by atoms with Crippen molar-refractivity contribution in [2.75, 3.05) is 12.3 Å². The molecular weight excluding hydrogens is 567 g/mol. The van der Waals surface area contributed by atoms with Gasteiger partial charge in [-0.25, -0.2) is 14.1 Å². The monoisotopic (exact) mass is 600 g/mol. The molecule has 1 saturated carbocycles. The average molecular weight is 601 g/mol. The van der Waals surface area contributed by atoms with Crippen LogP contribution in [0.4, 0.5) is 5.82 Å². The fourth-order valence-corrected chi connectivity index (χ4v) is 6.79. The van der Waals surface area contributed by atoms with Gasteiger partial charge in [-0.1, -0.05) is 18.2 Å². The molecule has 14 nitrogen and oxygen atoms in total. The van der Waals surface area contributed by atoms with E-state index in [4.69, 9.17) is 24.3 Å². The lowest BCUT2D eigenvalue weighted by molar-refractivity contribution is -0.150. The summed E-state index contributed by atoms with van der Waals surface area (Å²) >= 11 is 0. The van der Waals surface area contributed by atoms with Crippen LogP contribution in [0.5, 0.6) is 5.75 Å². The molecule has 1 unspecified atom stereocenters. The number of nitrogens with one attached hydrogen (secondary N) is 1. The van der Waals surface area contributed by atoms with Gasteiger partial charge in [0.1, 0.15) is 53.6 Å². The van der Waals surface area contributed by atoms with Crippen LogP contribution in [0.3, 0.4) is 0 Å². The lowest BCUT2D eigenvalue weighted by atomic mass is 9.80. The van der Waals surface area contributed by atoms with Gasteiger partial charge in [-0.15, -0.1) is 0 Å². The van der Waals surface area contributed by atoms with Gasteiger partial charge in [-0.2, -0.15) is 15.4 Å². The number of aromatic nitrogens is 3. The highest BCUT2D eigenvalue weighted by Gasteiger charge is 2.65. The van der Waals surface area contributed by atoms with Gasteiger partial charge in [0, 0.05) is 0 Å². The number of rotatable bonds is 10. The van der Waals surface area contributed by atoms with E-state index in [2.05, 4.69) is 15.2 Å². The summed E-state index contributed by atoms with van der Waals surface area (Å²) in [6, 6.07) is 12.1. The zero-order chi connectivity index (χ0) is 30.1. The zero-order valence-electron chi connectivity index (χ0n) is 23.1. The predicted molar refractivity (Wildman–Crippen MR) is 148 cm³/mol. The number of hydrogen-bond donors (Lipinski definition) is 4. The van der Waals surface area contributed by atoms with Crippen molar-refractivity contribution in [1.29, 1.82) is 5.26 Å². The first-order valence-corrected chi connectivity index (χ1v) is 15.1. The van der Waals surface area contributed by atoms with E-state index >= 15 is 0 Å². The first kappa shape index (κ1) is 29.9. The largest absolute Gasteiger partial charge is 0.461 e. The number of aliphatic hydroxyl groups is 2. The predicted octanol–water partition coefficient (Wildman–Crippen LogP) is 2.21. The third-order valence-electron chi connectivity index (χ3n) is 7.64. The summed E-state index contributed by atoms with van der Waals surface area (Å²) in [5, 5.41) is 39.6. The molecule has 42 heavy (non-hydrogen) atoms. The van der Waals surface area contributed by atoms with Crippen LogP contribution >= 0.6 is 7.75 Å². The Labute approximate surface area is 241 Å². The molecule has 1 aliphatic carbocycles. The number of nitrogen functional groups attached to an aromatic ring is 1. The van der Waals surface area contributed by atoms with Crippen molar-refractivity contribution in [1.82, 2.24) is 19.7 Å². The second-order valence-electron chi connectivity index (χ2n) is 10.6. The summed E-state index contributed by atoms with van der Waals surface area (Å²) in [5.41, 5.74) is 2.06. The first-order valence-electron chi connectivity index (χ1n) is 13.6.